The molecular weight excluding hydrogens is 541 g/mol. The van der Waals surface area contributed by atoms with E-state index in [9.17, 15) is 40.7 Å². The normalized spacial score (nSPS) is 19.5. The van der Waals surface area contributed by atoms with Crippen LogP contribution in [-0.4, -0.2) is 52.8 Å². The Morgan fingerprint density at radius 3 is 2.21 bits per heavy atom. The molecule has 3 rings (SSSR count). The first-order valence-corrected chi connectivity index (χ1v) is 11.5. The van der Waals surface area contributed by atoms with Gasteiger partial charge in [-0.2, -0.15) is 26.3 Å². The lowest BCUT2D eigenvalue weighted by atomic mass is 10.0. The molecule has 1 aliphatic rings. The lowest BCUT2D eigenvalue weighted by Gasteiger charge is -2.42. The van der Waals surface area contributed by atoms with Gasteiger partial charge in [-0.15, -0.1) is 5.59 Å². The number of nitrogens with one attached hydrogen (secondary N) is 2. The van der Waals surface area contributed by atoms with Crippen LogP contribution in [0.25, 0.3) is 0 Å². The molecule has 214 valence electrons. The monoisotopic (exact) mass is 566 g/mol. The van der Waals surface area contributed by atoms with Crippen LogP contribution in [-0.2, 0) is 26.6 Å². The summed E-state index contributed by atoms with van der Waals surface area (Å²) in [6.45, 7) is 2.21. The number of nitrogens with zero attached hydrogens (tertiary/aromatic N) is 2. The number of hydrazine groups is 1. The minimum absolute atomic E-state index is 0.0119. The Kier molecular flexibility index (Phi) is 9.33. The van der Waals surface area contributed by atoms with Gasteiger partial charge in [0, 0.05) is 13.5 Å². The second-order valence-electron chi connectivity index (χ2n) is 8.72. The molecule has 39 heavy (non-hydrogen) atoms. The number of alkyl halides is 6. The highest BCUT2D eigenvalue weighted by Crippen LogP contribution is 2.39. The van der Waals surface area contributed by atoms with Crippen LogP contribution in [0.4, 0.5) is 30.7 Å². The third-order valence-corrected chi connectivity index (χ3v) is 5.98. The predicted molar refractivity (Wildman–Crippen MR) is 122 cm³/mol. The maximum Gasteiger partial charge on any atom is 0.416 e. The number of benzene rings is 2. The second kappa shape index (κ2) is 12.0. The number of ether oxygens (including phenoxy) is 2. The Labute approximate surface area is 218 Å². The summed E-state index contributed by atoms with van der Waals surface area (Å²) in [5, 5.41) is 18.0. The third kappa shape index (κ3) is 7.51. The zero-order valence-corrected chi connectivity index (χ0v) is 20.6. The Bertz CT molecular complexity index is 1140. The number of amides is 1. The molecule has 1 saturated heterocycles. The number of halogens is 7. The van der Waals surface area contributed by atoms with Gasteiger partial charge in [0.05, 0.1) is 36.4 Å². The zero-order valence-electron chi connectivity index (χ0n) is 20.6. The van der Waals surface area contributed by atoms with E-state index in [0.29, 0.717) is 22.7 Å². The van der Waals surface area contributed by atoms with Crippen molar-refractivity contribution in [2.24, 2.45) is 0 Å². The Balaban J connectivity index is 1.96. The fourth-order valence-corrected chi connectivity index (χ4v) is 4.08. The van der Waals surface area contributed by atoms with Gasteiger partial charge in [0.2, 0.25) is 5.91 Å². The fourth-order valence-electron chi connectivity index (χ4n) is 4.08. The molecule has 0 aromatic heterocycles. The molecule has 3 atom stereocenters. The fraction of sp³-hybridized carbons (Fsp3) is 0.417. The van der Waals surface area contributed by atoms with Crippen molar-refractivity contribution in [1.82, 2.24) is 15.5 Å². The van der Waals surface area contributed by atoms with Crippen LogP contribution in [0, 0.1) is 11.2 Å². The Morgan fingerprint density at radius 2 is 1.72 bits per heavy atom. The molecule has 0 unspecified atom stereocenters. The molecule has 1 heterocycles. The number of hydrogen-bond acceptors (Lipinski definition) is 7. The zero-order chi connectivity index (χ0) is 29.1. The number of hydrogen-bond donors (Lipinski definition) is 3. The van der Waals surface area contributed by atoms with Gasteiger partial charge in [-0.25, -0.2) is 9.40 Å². The summed E-state index contributed by atoms with van der Waals surface area (Å²) >= 11 is 0. The molecule has 2 aromatic carbocycles. The quantitative estimate of drug-likeness (QED) is 0.188. The van der Waals surface area contributed by atoms with Gasteiger partial charge < -0.3 is 9.47 Å². The summed E-state index contributed by atoms with van der Waals surface area (Å²) in [4.78, 5) is 13.3. The molecular formula is C24H25F7N4O4. The molecule has 15 heteroatoms. The predicted octanol–water partition coefficient (Wildman–Crippen LogP) is 5.06. The average Bonchev–Trinajstić information content (AvgIpc) is 2.84. The molecule has 3 N–H and O–H groups in total. The van der Waals surface area contributed by atoms with Crippen LogP contribution >= 0.6 is 0 Å². The van der Waals surface area contributed by atoms with E-state index in [-0.39, 0.29) is 25.8 Å². The summed E-state index contributed by atoms with van der Waals surface area (Å²) in [5.74, 6) is -1.67. The van der Waals surface area contributed by atoms with Gasteiger partial charge in [0.15, 0.2) is 6.29 Å². The number of amidine groups is 1. The first kappa shape index (κ1) is 30.4. The molecule has 8 nitrogen and oxygen atoms in total. The van der Waals surface area contributed by atoms with E-state index < -0.39 is 65.0 Å². The summed E-state index contributed by atoms with van der Waals surface area (Å²) < 4.78 is 105. The van der Waals surface area contributed by atoms with Crippen LogP contribution < -0.4 is 5.59 Å². The standard InChI is InChI=1S/C24H25F7N4O4/c1-13(16-9-17(23(26,27)28)11-18(10-16)24(29,30)31)39-22-21(15-3-5-19(25)6-4-15)34(7-8-38-22)12-20(32)35(33-37)14(2)36/h3-6,9-11,13,21-22,32-33,37H,7-8,12H2,1-2H3/t13-,21+,22-/m1/s1. The maximum atomic E-state index is 13.6. The van der Waals surface area contributed by atoms with Gasteiger partial charge in [-0.1, -0.05) is 12.1 Å². The van der Waals surface area contributed by atoms with E-state index in [2.05, 4.69) is 0 Å². The molecule has 1 amide bonds. The van der Waals surface area contributed by atoms with Crippen LogP contribution in [0.3, 0.4) is 0 Å². The van der Waals surface area contributed by atoms with Crippen LogP contribution in [0.1, 0.15) is 48.2 Å². The second-order valence-corrected chi connectivity index (χ2v) is 8.72. The average molecular weight is 566 g/mol. The van der Waals surface area contributed by atoms with Crippen molar-refractivity contribution in [3.8, 4) is 0 Å². The molecule has 0 spiro atoms. The molecule has 0 radical (unpaired) electrons. The van der Waals surface area contributed by atoms with Crippen LogP contribution in [0.15, 0.2) is 42.5 Å². The molecule has 1 aliphatic heterocycles. The van der Waals surface area contributed by atoms with E-state index in [4.69, 9.17) is 14.9 Å². The van der Waals surface area contributed by atoms with Crippen LogP contribution in [0.5, 0.6) is 0 Å². The highest BCUT2D eigenvalue weighted by atomic mass is 19.4. The van der Waals surface area contributed by atoms with Crippen molar-refractivity contribution >= 4 is 11.7 Å². The van der Waals surface area contributed by atoms with E-state index in [1.807, 2.05) is 0 Å². The van der Waals surface area contributed by atoms with Crippen molar-refractivity contribution in [3.05, 3.63) is 70.5 Å². The summed E-state index contributed by atoms with van der Waals surface area (Å²) in [6, 6.07) is 5.22. The number of rotatable bonds is 7. The largest absolute Gasteiger partial charge is 0.416 e. The first-order chi connectivity index (χ1) is 18.1. The molecule has 0 bridgehead atoms. The Hall–Kier alpha value is -3.11. The topological polar surface area (TPSA) is 98.1 Å². The van der Waals surface area contributed by atoms with Gasteiger partial charge in [0.25, 0.3) is 0 Å². The smallest absolute Gasteiger partial charge is 0.349 e. The van der Waals surface area contributed by atoms with Gasteiger partial charge >= 0.3 is 12.4 Å². The van der Waals surface area contributed by atoms with Gasteiger partial charge in [-0.05, 0) is 48.4 Å². The van der Waals surface area contributed by atoms with Crippen LogP contribution in [0.2, 0.25) is 0 Å². The summed E-state index contributed by atoms with van der Waals surface area (Å²) in [6.07, 6.45) is -12.7. The number of carbonyl (C=O) groups excluding carboxylic acids is 1. The summed E-state index contributed by atoms with van der Waals surface area (Å²) in [7, 11) is 0. The SMILES string of the molecule is CC(=O)N(NO)C(=N)CN1CCO[C@H](O[C@H](C)c2cc(C(F)(F)F)cc(C(F)(F)F)c2)[C@@H]1c1ccc(F)cc1. The number of carbonyl (C=O) groups is 1. The third-order valence-electron chi connectivity index (χ3n) is 5.98. The first-order valence-electron chi connectivity index (χ1n) is 11.5. The van der Waals surface area contributed by atoms with Crippen molar-refractivity contribution < 1.29 is 50.2 Å². The van der Waals surface area contributed by atoms with E-state index in [1.54, 1.807) is 10.5 Å². The van der Waals surface area contributed by atoms with E-state index >= 15 is 0 Å². The van der Waals surface area contributed by atoms with Crippen molar-refractivity contribution in [2.45, 2.75) is 44.6 Å². The minimum Gasteiger partial charge on any atom is -0.349 e. The molecule has 1 fully saturated rings. The molecule has 0 aliphatic carbocycles. The number of morpholine rings is 1. The summed E-state index contributed by atoms with van der Waals surface area (Å²) in [5.41, 5.74) is -1.42. The van der Waals surface area contributed by atoms with Crippen molar-refractivity contribution in [2.75, 3.05) is 19.7 Å². The van der Waals surface area contributed by atoms with Gasteiger partial charge in [-0.3, -0.25) is 20.3 Å². The highest BCUT2D eigenvalue weighted by molar-refractivity contribution is 5.96. The van der Waals surface area contributed by atoms with Gasteiger partial charge in [0.1, 0.15) is 11.7 Å². The maximum absolute atomic E-state index is 13.6. The minimum atomic E-state index is -5.05. The van der Waals surface area contributed by atoms with E-state index in [0.717, 1.165) is 19.1 Å². The lowest BCUT2D eigenvalue weighted by Crippen LogP contribution is -2.53. The molecule has 0 saturated carbocycles. The van der Waals surface area contributed by atoms with Crippen molar-refractivity contribution in [1.29, 1.82) is 5.41 Å². The highest BCUT2D eigenvalue weighted by Gasteiger charge is 2.40. The molecule has 2 aromatic rings. The van der Waals surface area contributed by atoms with E-state index in [1.165, 1.54) is 19.1 Å². The Morgan fingerprint density at radius 1 is 1.15 bits per heavy atom. The van der Waals surface area contributed by atoms with Crippen molar-refractivity contribution in [3.63, 3.8) is 0 Å². The lowest BCUT2D eigenvalue weighted by molar-refractivity contribution is -0.228.